The minimum Gasteiger partial charge on any atom is -0.494 e. The topological polar surface area (TPSA) is 21.3 Å². The van der Waals surface area contributed by atoms with Gasteiger partial charge in [0.25, 0.3) is 0 Å². The minimum atomic E-state index is -4.00. The lowest BCUT2D eigenvalue weighted by Gasteiger charge is -2.09. The quantitative estimate of drug-likeness (QED) is 0.203. The Labute approximate surface area is 188 Å². The number of ether oxygens (including phenoxy) is 1. The molecule has 1 aromatic rings. The third-order valence-electron chi connectivity index (χ3n) is 5.59. The van der Waals surface area contributed by atoms with Crippen molar-refractivity contribution in [2.24, 2.45) is 0 Å². The highest BCUT2D eigenvalue weighted by molar-refractivity contribution is 5.46. The van der Waals surface area contributed by atoms with Crippen LogP contribution >= 0.6 is 0 Å². The molecule has 0 unspecified atom stereocenters. The maximum Gasteiger partial charge on any atom is 0.389 e. The molecular formula is C26H44F3NO. The van der Waals surface area contributed by atoms with Crippen LogP contribution in [0.4, 0.5) is 18.9 Å². The molecule has 5 heteroatoms. The summed E-state index contributed by atoms with van der Waals surface area (Å²) >= 11 is 0. The van der Waals surface area contributed by atoms with Crippen molar-refractivity contribution in [1.82, 2.24) is 0 Å². The van der Waals surface area contributed by atoms with E-state index in [-0.39, 0.29) is 6.42 Å². The molecule has 1 rings (SSSR count). The van der Waals surface area contributed by atoms with Crippen molar-refractivity contribution in [2.75, 3.05) is 18.5 Å². The third-order valence-corrected chi connectivity index (χ3v) is 5.59. The Morgan fingerprint density at radius 3 is 1.77 bits per heavy atom. The van der Waals surface area contributed by atoms with E-state index in [0.717, 1.165) is 50.1 Å². The molecule has 2 nitrogen and oxygen atoms in total. The van der Waals surface area contributed by atoms with Crippen LogP contribution in [0.2, 0.25) is 0 Å². The molecule has 0 aliphatic carbocycles. The molecule has 1 N–H and O–H groups in total. The fourth-order valence-electron chi connectivity index (χ4n) is 3.66. The number of hydrogen-bond donors (Lipinski definition) is 1. The molecule has 0 fully saturated rings. The summed E-state index contributed by atoms with van der Waals surface area (Å²) in [5.74, 6) is 0.893. The highest BCUT2D eigenvalue weighted by atomic mass is 19.4. The number of alkyl halides is 3. The monoisotopic (exact) mass is 443 g/mol. The lowest BCUT2D eigenvalue weighted by Crippen LogP contribution is -2.06. The van der Waals surface area contributed by atoms with Crippen LogP contribution in [0.25, 0.3) is 0 Å². The zero-order valence-electron chi connectivity index (χ0n) is 19.6. The van der Waals surface area contributed by atoms with Gasteiger partial charge >= 0.3 is 6.18 Å². The van der Waals surface area contributed by atoms with Gasteiger partial charge in [0.1, 0.15) is 5.75 Å². The summed E-state index contributed by atoms with van der Waals surface area (Å²) in [6, 6.07) is 8.16. The second-order valence-electron chi connectivity index (χ2n) is 8.61. The maximum atomic E-state index is 12.1. The van der Waals surface area contributed by atoms with E-state index >= 15 is 0 Å². The molecule has 0 aliphatic rings. The van der Waals surface area contributed by atoms with Crippen molar-refractivity contribution in [3.63, 3.8) is 0 Å². The fourth-order valence-corrected chi connectivity index (χ4v) is 3.66. The molecule has 0 aromatic heterocycles. The molecule has 0 amide bonds. The number of nitrogens with one attached hydrogen (secondary N) is 1. The van der Waals surface area contributed by atoms with E-state index in [1.807, 2.05) is 12.1 Å². The van der Waals surface area contributed by atoms with Gasteiger partial charge in [0.2, 0.25) is 0 Å². The first kappa shape index (κ1) is 27.6. The van der Waals surface area contributed by atoms with Crippen LogP contribution in [0, 0.1) is 0 Å². The second kappa shape index (κ2) is 18.2. The van der Waals surface area contributed by atoms with Gasteiger partial charge in [0, 0.05) is 18.7 Å². The second-order valence-corrected chi connectivity index (χ2v) is 8.61. The SMILES string of the molecule is CCCCCCCCCCNc1ccc(OCCCCCCCCCC(F)(F)F)cc1. The Morgan fingerprint density at radius 1 is 0.677 bits per heavy atom. The number of benzene rings is 1. The standard InChI is InChI=1S/C26H44F3NO/c1-2-3-4-5-6-9-12-15-22-30-24-17-19-25(20-18-24)31-23-16-13-10-7-8-11-14-21-26(27,28)29/h17-20,30H,2-16,21-23H2,1H3. The largest absolute Gasteiger partial charge is 0.494 e. The average Bonchev–Trinajstić information content (AvgIpc) is 2.74. The Bertz CT molecular complexity index is 516. The molecule has 0 saturated carbocycles. The Balaban J connectivity index is 1.93. The van der Waals surface area contributed by atoms with Crippen molar-refractivity contribution in [3.8, 4) is 5.75 Å². The number of anilines is 1. The van der Waals surface area contributed by atoms with Gasteiger partial charge in [-0.15, -0.1) is 0 Å². The zero-order chi connectivity index (χ0) is 22.6. The van der Waals surface area contributed by atoms with E-state index < -0.39 is 12.6 Å². The van der Waals surface area contributed by atoms with Crippen LogP contribution in [0.1, 0.15) is 110 Å². The summed E-state index contributed by atoms with van der Waals surface area (Å²) in [6.07, 6.45) is 12.0. The summed E-state index contributed by atoms with van der Waals surface area (Å²) in [6.45, 7) is 3.97. The Hall–Kier alpha value is -1.39. The third kappa shape index (κ3) is 17.9. The van der Waals surface area contributed by atoms with Crippen molar-refractivity contribution < 1.29 is 17.9 Å². The molecule has 31 heavy (non-hydrogen) atoms. The maximum absolute atomic E-state index is 12.1. The van der Waals surface area contributed by atoms with Gasteiger partial charge in [-0.25, -0.2) is 0 Å². The Morgan fingerprint density at radius 2 is 1.19 bits per heavy atom. The molecular weight excluding hydrogens is 399 g/mol. The van der Waals surface area contributed by atoms with Gasteiger partial charge in [-0.1, -0.05) is 84.0 Å². The van der Waals surface area contributed by atoms with E-state index in [4.69, 9.17) is 4.74 Å². The van der Waals surface area contributed by atoms with Crippen LogP contribution in [-0.4, -0.2) is 19.3 Å². The first-order valence-electron chi connectivity index (χ1n) is 12.5. The predicted octanol–water partition coefficient (Wildman–Crippen LogP) is 9.30. The summed E-state index contributed by atoms with van der Waals surface area (Å²) in [7, 11) is 0. The number of unbranched alkanes of at least 4 members (excludes halogenated alkanes) is 13. The summed E-state index contributed by atoms with van der Waals surface area (Å²) in [5, 5.41) is 3.48. The van der Waals surface area contributed by atoms with Gasteiger partial charge in [-0.3, -0.25) is 0 Å². The summed E-state index contributed by atoms with van der Waals surface area (Å²) in [5.41, 5.74) is 1.14. The highest BCUT2D eigenvalue weighted by Gasteiger charge is 2.25. The smallest absolute Gasteiger partial charge is 0.389 e. The van der Waals surface area contributed by atoms with Gasteiger partial charge < -0.3 is 10.1 Å². The first-order valence-corrected chi connectivity index (χ1v) is 12.5. The molecule has 0 heterocycles. The van der Waals surface area contributed by atoms with E-state index in [1.54, 1.807) is 0 Å². The van der Waals surface area contributed by atoms with Crippen molar-refractivity contribution in [1.29, 1.82) is 0 Å². The van der Waals surface area contributed by atoms with Gasteiger partial charge in [0.15, 0.2) is 0 Å². The molecule has 0 bridgehead atoms. The van der Waals surface area contributed by atoms with Crippen LogP contribution in [0.5, 0.6) is 5.75 Å². The van der Waals surface area contributed by atoms with E-state index in [1.165, 1.54) is 51.4 Å². The fraction of sp³-hybridized carbons (Fsp3) is 0.769. The molecule has 1 aromatic carbocycles. The van der Waals surface area contributed by atoms with E-state index in [0.29, 0.717) is 13.0 Å². The molecule has 180 valence electrons. The summed E-state index contributed by atoms with van der Waals surface area (Å²) in [4.78, 5) is 0. The van der Waals surface area contributed by atoms with Crippen LogP contribution < -0.4 is 10.1 Å². The lowest BCUT2D eigenvalue weighted by molar-refractivity contribution is -0.135. The lowest BCUT2D eigenvalue weighted by atomic mass is 10.1. The van der Waals surface area contributed by atoms with Crippen molar-refractivity contribution in [2.45, 2.75) is 116 Å². The van der Waals surface area contributed by atoms with Gasteiger partial charge in [-0.05, 0) is 43.5 Å². The number of hydrogen-bond acceptors (Lipinski definition) is 2. The van der Waals surface area contributed by atoms with Crippen LogP contribution in [0.15, 0.2) is 24.3 Å². The Kier molecular flexibility index (Phi) is 16.2. The number of rotatable bonds is 20. The average molecular weight is 444 g/mol. The van der Waals surface area contributed by atoms with Crippen molar-refractivity contribution >= 4 is 5.69 Å². The molecule has 0 spiro atoms. The van der Waals surface area contributed by atoms with Gasteiger partial charge in [0.05, 0.1) is 6.61 Å². The zero-order valence-corrected chi connectivity index (χ0v) is 19.6. The minimum absolute atomic E-state index is 0.261. The molecule has 0 atom stereocenters. The number of halogens is 3. The van der Waals surface area contributed by atoms with Crippen LogP contribution in [0.3, 0.4) is 0 Å². The van der Waals surface area contributed by atoms with Crippen molar-refractivity contribution in [3.05, 3.63) is 24.3 Å². The molecule has 0 radical (unpaired) electrons. The van der Waals surface area contributed by atoms with E-state index in [2.05, 4.69) is 24.4 Å². The normalized spacial score (nSPS) is 11.6. The highest BCUT2D eigenvalue weighted by Crippen LogP contribution is 2.23. The van der Waals surface area contributed by atoms with E-state index in [9.17, 15) is 13.2 Å². The van der Waals surface area contributed by atoms with Crippen LogP contribution in [-0.2, 0) is 0 Å². The molecule has 0 aliphatic heterocycles. The van der Waals surface area contributed by atoms with Gasteiger partial charge in [-0.2, -0.15) is 13.2 Å². The first-order chi connectivity index (χ1) is 15.0. The summed E-state index contributed by atoms with van der Waals surface area (Å²) < 4.78 is 41.9. The predicted molar refractivity (Wildman–Crippen MR) is 126 cm³/mol. The molecule has 0 saturated heterocycles.